The Balaban J connectivity index is 2.46. The van der Waals surface area contributed by atoms with E-state index in [1.165, 1.54) is 0 Å². The van der Waals surface area contributed by atoms with Gasteiger partial charge in [-0.25, -0.2) is 0 Å². The number of rotatable bonds is 5. The SMILES string of the molecule is CCNC(=O)CN(CC)c1cc(C)nc2ccc(N)cc12. The molecule has 0 fully saturated rings. The quantitative estimate of drug-likeness (QED) is 0.826. The highest BCUT2D eigenvalue weighted by atomic mass is 16.2. The van der Waals surface area contributed by atoms with Crippen LogP contribution in [0.25, 0.3) is 10.9 Å². The van der Waals surface area contributed by atoms with Gasteiger partial charge in [0.15, 0.2) is 0 Å². The van der Waals surface area contributed by atoms with Crippen molar-refractivity contribution in [3.63, 3.8) is 0 Å². The summed E-state index contributed by atoms with van der Waals surface area (Å²) < 4.78 is 0. The number of nitrogens with one attached hydrogen (secondary N) is 1. The molecule has 0 spiro atoms. The van der Waals surface area contributed by atoms with Gasteiger partial charge in [0.25, 0.3) is 0 Å². The van der Waals surface area contributed by atoms with E-state index in [-0.39, 0.29) is 5.91 Å². The molecule has 3 N–H and O–H groups in total. The van der Waals surface area contributed by atoms with Crippen LogP contribution in [0.3, 0.4) is 0 Å². The molecule has 0 radical (unpaired) electrons. The number of nitrogens with two attached hydrogens (primary N) is 1. The number of carbonyl (C=O) groups excluding carboxylic acids is 1. The summed E-state index contributed by atoms with van der Waals surface area (Å²) >= 11 is 0. The number of benzene rings is 1. The highest BCUT2D eigenvalue weighted by molar-refractivity contribution is 5.95. The standard InChI is InChI=1S/C16H22N4O/c1-4-18-16(21)10-20(5-2)15-8-11(3)19-14-7-6-12(17)9-13(14)15/h6-9H,4-5,10,17H2,1-3H3,(H,18,21). The molecule has 0 unspecified atom stereocenters. The number of hydrogen-bond acceptors (Lipinski definition) is 4. The fraction of sp³-hybridized carbons (Fsp3) is 0.375. The molecule has 1 amide bonds. The average Bonchev–Trinajstić information content (AvgIpc) is 2.45. The number of carbonyl (C=O) groups is 1. The molecule has 5 nitrogen and oxygen atoms in total. The van der Waals surface area contributed by atoms with Crippen molar-refractivity contribution in [3.05, 3.63) is 30.0 Å². The first-order valence-corrected chi connectivity index (χ1v) is 7.23. The summed E-state index contributed by atoms with van der Waals surface area (Å²) in [5.41, 5.74) is 9.42. The predicted molar refractivity (Wildman–Crippen MR) is 87.5 cm³/mol. The molecule has 0 saturated heterocycles. The first-order chi connectivity index (χ1) is 10.0. The number of nitrogens with zero attached hydrogens (tertiary/aromatic N) is 2. The van der Waals surface area contributed by atoms with E-state index in [0.717, 1.165) is 28.8 Å². The van der Waals surface area contributed by atoms with Gasteiger partial charge in [0.1, 0.15) is 0 Å². The first-order valence-electron chi connectivity index (χ1n) is 7.23. The zero-order valence-electron chi connectivity index (χ0n) is 12.8. The van der Waals surface area contributed by atoms with Crippen LogP contribution in [-0.4, -0.2) is 30.5 Å². The van der Waals surface area contributed by atoms with Crippen molar-refractivity contribution in [3.8, 4) is 0 Å². The summed E-state index contributed by atoms with van der Waals surface area (Å²) in [6.07, 6.45) is 0. The number of nitrogen functional groups attached to an aromatic ring is 1. The molecule has 21 heavy (non-hydrogen) atoms. The number of aryl methyl sites for hydroxylation is 1. The molecular formula is C16H22N4O. The van der Waals surface area contributed by atoms with E-state index in [9.17, 15) is 4.79 Å². The van der Waals surface area contributed by atoms with Gasteiger partial charge in [-0.1, -0.05) is 0 Å². The van der Waals surface area contributed by atoms with Crippen LogP contribution in [0, 0.1) is 6.92 Å². The van der Waals surface area contributed by atoms with Crippen LogP contribution in [-0.2, 0) is 4.79 Å². The van der Waals surface area contributed by atoms with E-state index in [4.69, 9.17) is 5.73 Å². The minimum atomic E-state index is 0.0193. The summed E-state index contributed by atoms with van der Waals surface area (Å²) in [5.74, 6) is 0.0193. The molecule has 2 aromatic rings. The van der Waals surface area contributed by atoms with Crippen LogP contribution in [0.5, 0.6) is 0 Å². The van der Waals surface area contributed by atoms with Gasteiger partial charge in [-0.3, -0.25) is 9.78 Å². The minimum absolute atomic E-state index is 0.0193. The van der Waals surface area contributed by atoms with Gasteiger partial charge in [-0.05, 0) is 45.0 Å². The van der Waals surface area contributed by atoms with Gasteiger partial charge >= 0.3 is 0 Å². The van der Waals surface area contributed by atoms with Crippen LogP contribution in [0.4, 0.5) is 11.4 Å². The van der Waals surface area contributed by atoms with Crippen LogP contribution in [0.15, 0.2) is 24.3 Å². The molecule has 5 heteroatoms. The Morgan fingerprint density at radius 1 is 1.33 bits per heavy atom. The maximum absolute atomic E-state index is 11.9. The molecule has 0 atom stereocenters. The second-order valence-corrected chi connectivity index (χ2v) is 5.03. The topological polar surface area (TPSA) is 71.2 Å². The summed E-state index contributed by atoms with van der Waals surface area (Å²) in [5, 5.41) is 3.81. The van der Waals surface area contributed by atoms with Gasteiger partial charge in [0, 0.05) is 35.5 Å². The van der Waals surface area contributed by atoms with Crippen LogP contribution in [0.2, 0.25) is 0 Å². The number of likely N-dealkylation sites (N-methyl/N-ethyl adjacent to an activating group) is 2. The Labute approximate surface area is 125 Å². The Kier molecular flexibility index (Phi) is 4.62. The number of amides is 1. The van der Waals surface area contributed by atoms with Crippen LogP contribution >= 0.6 is 0 Å². The molecule has 2 rings (SSSR count). The normalized spacial score (nSPS) is 10.6. The molecule has 0 saturated carbocycles. The monoisotopic (exact) mass is 286 g/mol. The lowest BCUT2D eigenvalue weighted by Crippen LogP contribution is -2.37. The second kappa shape index (κ2) is 6.43. The van der Waals surface area contributed by atoms with Gasteiger partial charge in [0.2, 0.25) is 5.91 Å². The lowest BCUT2D eigenvalue weighted by Gasteiger charge is -2.24. The van der Waals surface area contributed by atoms with Crippen molar-refractivity contribution < 1.29 is 4.79 Å². The predicted octanol–water partition coefficient (Wildman–Crippen LogP) is 2.09. The van der Waals surface area contributed by atoms with Gasteiger partial charge < -0.3 is 16.0 Å². The maximum Gasteiger partial charge on any atom is 0.239 e. The van der Waals surface area contributed by atoms with E-state index in [1.54, 1.807) is 0 Å². The highest BCUT2D eigenvalue weighted by Crippen LogP contribution is 2.28. The molecule has 0 bridgehead atoms. The van der Waals surface area contributed by atoms with E-state index in [0.29, 0.717) is 18.8 Å². The molecule has 0 aliphatic carbocycles. The second-order valence-electron chi connectivity index (χ2n) is 5.03. The number of fused-ring (bicyclic) bond motifs is 1. The molecule has 1 aromatic heterocycles. The van der Waals surface area contributed by atoms with Crippen molar-refractivity contribution in [2.45, 2.75) is 20.8 Å². The van der Waals surface area contributed by atoms with E-state index >= 15 is 0 Å². The Morgan fingerprint density at radius 3 is 2.76 bits per heavy atom. The van der Waals surface area contributed by atoms with Crippen LogP contribution in [0.1, 0.15) is 19.5 Å². The Bertz CT molecular complexity index is 654. The third kappa shape index (κ3) is 3.42. The fourth-order valence-electron chi connectivity index (χ4n) is 2.41. The zero-order valence-corrected chi connectivity index (χ0v) is 12.8. The maximum atomic E-state index is 11.9. The van der Waals surface area contributed by atoms with Crippen molar-refractivity contribution in [1.29, 1.82) is 0 Å². The molecular weight excluding hydrogens is 264 g/mol. The third-order valence-electron chi connectivity index (χ3n) is 3.37. The summed E-state index contributed by atoms with van der Waals surface area (Å²) in [7, 11) is 0. The fourth-order valence-corrected chi connectivity index (χ4v) is 2.41. The lowest BCUT2D eigenvalue weighted by molar-refractivity contribution is -0.119. The van der Waals surface area contributed by atoms with Crippen molar-refractivity contribution in [1.82, 2.24) is 10.3 Å². The Hall–Kier alpha value is -2.30. The number of anilines is 2. The number of pyridine rings is 1. The van der Waals surface area contributed by atoms with Crippen molar-refractivity contribution in [2.75, 3.05) is 30.3 Å². The summed E-state index contributed by atoms with van der Waals surface area (Å²) in [6.45, 7) is 7.62. The largest absolute Gasteiger partial charge is 0.399 e. The molecule has 112 valence electrons. The van der Waals surface area contributed by atoms with E-state index in [1.807, 2.05) is 49.9 Å². The average molecular weight is 286 g/mol. The zero-order chi connectivity index (χ0) is 15.4. The lowest BCUT2D eigenvalue weighted by atomic mass is 10.1. The number of hydrogen-bond donors (Lipinski definition) is 2. The van der Waals surface area contributed by atoms with Gasteiger partial charge in [0.05, 0.1) is 12.1 Å². The van der Waals surface area contributed by atoms with Gasteiger partial charge in [-0.15, -0.1) is 0 Å². The smallest absolute Gasteiger partial charge is 0.239 e. The molecule has 1 aromatic carbocycles. The third-order valence-corrected chi connectivity index (χ3v) is 3.37. The molecule has 1 heterocycles. The van der Waals surface area contributed by atoms with Crippen molar-refractivity contribution in [2.24, 2.45) is 0 Å². The highest BCUT2D eigenvalue weighted by Gasteiger charge is 2.14. The van der Waals surface area contributed by atoms with Gasteiger partial charge in [-0.2, -0.15) is 0 Å². The van der Waals surface area contributed by atoms with E-state index in [2.05, 4.69) is 10.3 Å². The number of aromatic nitrogens is 1. The van der Waals surface area contributed by atoms with Crippen LogP contribution < -0.4 is 16.0 Å². The Morgan fingerprint density at radius 2 is 2.10 bits per heavy atom. The first kappa shape index (κ1) is 15.1. The molecule has 0 aliphatic rings. The summed E-state index contributed by atoms with van der Waals surface area (Å²) in [4.78, 5) is 18.5. The minimum Gasteiger partial charge on any atom is -0.399 e. The van der Waals surface area contributed by atoms with E-state index < -0.39 is 0 Å². The summed E-state index contributed by atoms with van der Waals surface area (Å²) in [6, 6.07) is 7.68. The molecule has 0 aliphatic heterocycles. The van der Waals surface area contributed by atoms with Crippen molar-refractivity contribution >= 4 is 28.2 Å².